The summed E-state index contributed by atoms with van der Waals surface area (Å²) >= 11 is 1.79. The molecule has 0 aliphatic carbocycles. The first-order chi connectivity index (χ1) is 7.61. The van der Waals surface area contributed by atoms with Crippen molar-refractivity contribution in [1.82, 2.24) is 10.3 Å². The first kappa shape index (κ1) is 13.6. The minimum atomic E-state index is 0.245. The van der Waals surface area contributed by atoms with Gasteiger partial charge in [0.1, 0.15) is 0 Å². The smallest absolute Gasteiger partial charge is 0.0930 e. The molecule has 0 fully saturated rings. The summed E-state index contributed by atoms with van der Waals surface area (Å²) in [5, 5.41) is 13.4. The van der Waals surface area contributed by atoms with Crippen LogP contribution in [0.1, 0.15) is 37.1 Å². The van der Waals surface area contributed by atoms with E-state index in [2.05, 4.69) is 31.1 Å². The van der Waals surface area contributed by atoms with Gasteiger partial charge in [0, 0.05) is 36.7 Å². The fourth-order valence-corrected chi connectivity index (χ4v) is 2.53. The van der Waals surface area contributed by atoms with Crippen molar-refractivity contribution in [2.45, 2.75) is 46.2 Å². The molecule has 0 saturated carbocycles. The van der Waals surface area contributed by atoms with Crippen LogP contribution in [0.5, 0.6) is 0 Å². The first-order valence-electron chi connectivity index (χ1n) is 5.89. The fraction of sp³-hybridized carbons (Fsp3) is 0.750. The molecule has 0 aliphatic heterocycles. The summed E-state index contributed by atoms with van der Waals surface area (Å²) in [4.78, 5) is 5.69. The second kappa shape index (κ2) is 6.99. The minimum Gasteiger partial charge on any atom is -0.396 e. The van der Waals surface area contributed by atoms with Gasteiger partial charge in [-0.25, -0.2) is 4.98 Å². The Labute approximate surface area is 102 Å². The monoisotopic (exact) mass is 242 g/mol. The molecular formula is C12H22N2OS. The van der Waals surface area contributed by atoms with Gasteiger partial charge in [0.05, 0.1) is 5.01 Å². The standard InChI is InChI=1S/C12H22N2OS/c1-9(2)6-12-14-8-11(16-12)7-13-10(3)4-5-15/h8-10,13,15H,4-7H2,1-3H3. The molecule has 1 heterocycles. The molecule has 0 bridgehead atoms. The summed E-state index contributed by atoms with van der Waals surface area (Å²) in [6.45, 7) is 7.62. The average molecular weight is 242 g/mol. The summed E-state index contributed by atoms with van der Waals surface area (Å²) in [7, 11) is 0. The molecule has 0 radical (unpaired) electrons. The van der Waals surface area contributed by atoms with Crippen molar-refractivity contribution in [3.05, 3.63) is 16.1 Å². The molecule has 3 nitrogen and oxygen atoms in total. The largest absolute Gasteiger partial charge is 0.396 e. The maximum absolute atomic E-state index is 8.79. The van der Waals surface area contributed by atoms with E-state index in [1.807, 2.05) is 6.20 Å². The number of aliphatic hydroxyl groups excluding tert-OH is 1. The molecule has 1 aromatic rings. The summed E-state index contributed by atoms with van der Waals surface area (Å²) in [5.41, 5.74) is 0. The Balaban J connectivity index is 2.34. The third-order valence-electron chi connectivity index (χ3n) is 2.37. The molecule has 0 aromatic carbocycles. The lowest BCUT2D eigenvalue weighted by atomic mass is 10.1. The Bertz CT molecular complexity index is 299. The van der Waals surface area contributed by atoms with E-state index >= 15 is 0 Å². The molecule has 2 N–H and O–H groups in total. The number of thiazole rings is 1. The van der Waals surface area contributed by atoms with Gasteiger partial charge in [-0.1, -0.05) is 13.8 Å². The van der Waals surface area contributed by atoms with Crippen molar-refractivity contribution in [2.24, 2.45) is 5.92 Å². The van der Waals surface area contributed by atoms with Gasteiger partial charge in [0.25, 0.3) is 0 Å². The highest BCUT2D eigenvalue weighted by atomic mass is 32.1. The molecule has 4 heteroatoms. The summed E-state index contributed by atoms with van der Waals surface area (Å²) in [6.07, 6.45) is 3.83. The van der Waals surface area contributed by atoms with Gasteiger partial charge in [-0.05, 0) is 19.3 Å². The Morgan fingerprint density at radius 2 is 2.19 bits per heavy atom. The maximum atomic E-state index is 8.79. The van der Waals surface area contributed by atoms with Crippen molar-refractivity contribution in [3.63, 3.8) is 0 Å². The predicted octanol–water partition coefficient (Wildman–Crippen LogP) is 2.20. The predicted molar refractivity (Wildman–Crippen MR) is 68.7 cm³/mol. The number of nitrogens with zero attached hydrogens (tertiary/aromatic N) is 1. The third kappa shape index (κ3) is 5.05. The maximum Gasteiger partial charge on any atom is 0.0930 e. The molecule has 1 aromatic heterocycles. The second-order valence-corrected chi connectivity index (χ2v) is 5.81. The number of rotatable bonds is 7. The highest BCUT2D eigenvalue weighted by Crippen LogP contribution is 2.16. The van der Waals surface area contributed by atoms with Crippen LogP contribution < -0.4 is 5.32 Å². The van der Waals surface area contributed by atoms with Crippen LogP contribution in [0, 0.1) is 5.92 Å². The van der Waals surface area contributed by atoms with Gasteiger partial charge < -0.3 is 10.4 Å². The molecule has 0 aliphatic rings. The minimum absolute atomic E-state index is 0.245. The van der Waals surface area contributed by atoms with Crippen molar-refractivity contribution in [3.8, 4) is 0 Å². The number of hydrogen-bond acceptors (Lipinski definition) is 4. The van der Waals surface area contributed by atoms with Crippen molar-refractivity contribution in [1.29, 1.82) is 0 Å². The molecule has 1 rings (SSSR count). The molecule has 0 saturated heterocycles. The average Bonchev–Trinajstić information content (AvgIpc) is 2.62. The van der Waals surface area contributed by atoms with E-state index in [1.54, 1.807) is 11.3 Å². The van der Waals surface area contributed by atoms with Gasteiger partial charge in [0.15, 0.2) is 0 Å². The topological polar surface area (TPSA) is 45.2 Å². The summed E-state index contributed by atoms with van der Waals surface area (Å²) < 4.78 is 0. The van der Waals surface area contributed by atoms with Crippen LogP contribution >= 0.6 is 11.3 Å². The van der Waals surface area contributed by atoms with Gasteiger partial charge in [-0.3, -0.25) is 0 Å². The highest BCUT2D eigenvalue weighted by molar-refractivity contribution is 7.11. The lowest BCUT2D eigenvalue weighted by Crippen LogP contribution is -2.25. The summed E-state index contributed by atoms with van der Waals surface area (Å²) in [6, 6.07) is 0.362. The Hall–Kier alpha value is -0.450. The number of aromatic nitrogens is 1. The molecule has 0 spiro atoms. The van der Waals surface area contributed by atoms with E-state index in [9.17, 15) is 0 Å². The number of hydrogen-bond donors (Lipinski definition) is 2. The van der Waals surface area contributed by atoms with Crippen LogP contribution in [0.15, 0.2) is 6.20 Å². The van der Waals surface area contributed by atoms with Crippen LogP contribution in [-0.4, -0.2) is 22.7 Å². The lowest BCUT2D eigenvalue weighted by Gasteiger charge is -2.10. The highest BCUT2D eigenvalue weighted by Gasteiger charge is 2.05. The van der Waals surface area contributed by atoms with Crippen LogP contribution in [0.2, 0.25) is 0 Å². The Morgan fingerprint density at radius 1 is 1.44 bits per heavy atom. The zero-order valence-electron chi connectivity index (χ0n) is 10.4. The molecule has 1 atom stereocenters. The van der Waals surface area contributed by atoms with Crippen LogP contribution in [0.3, 0.4) is 0 Å². The van der Waals surface area contributed by atoms with Gasteiger partial charge >= 0.3 is 0 Å². The van der Waals surface area contributed by atoms with Gasteiger partial charge in [0.2, 0.25) is 0 Å². The quantitative estimate of drug-likeness (QED) is 0.770. The van der Waals surface area contributed by atoms with Crippen LogP contribution in [0.25, 0.3) is 0 Å². The van der Waals surface area contributed by atoms with Crippen molar-refractivity contribution >= 4 is 11.3 Å². The van der Waals surface area contributed by atoms with Gasteiger partial charge in [-0.15, -0.1) is 11.3 Å². The lowest BCUT2D eigenvalue weighted by molar-refractivity contribution is 0.269. The molecule has 16 heavy (non-hydrogen) atoms. The van der Waals surface area contributed by atoms with Crippen LogP contribution in [0.4, 0.5) is 0 Å². The van der Waals surface area contributed by atoms with Crippen molar-refractivity contribution < 1.29 is 5.11 Å². The van der Waals surface area contributed by atoms with E-state index in [0.717, 1.165) is 19.4 Å². The van der Waals surface area contributed by atoms with Gasteiger partial charge in [-0.2, -0.15) is 0 Å². The fourth-order valence-electron chi connectivity index (χ4n) is 1.44. The first-order valence-corrected chi connectivity index (χ1v) is 6.71. The Morgan fingerprint density at radius 3 is 2.81 bits per heavy atom. The SMILES string of the molecule is CC(C)Cc1ncc(CNC(C)CCO)s1. The Kier molecular flexibility index (Phi) is 5.95. The van der Waals surface area contributed by atoms with E-state index in [0.29, 0.717) is 12.0 Å². The number of nitrogens with one attached hydrogen (secondary N) is 1. The molecule has 1 unspecified atom stereocenters. The van der Waals surface area contributed by atoms with Crippen LogP contribution in [-0.2, 0) is 13.0 Å². The third-order valence-corrected chi connectivity index (χ3v) is 3.39. The molecule has 92 valence electrons. The summed E-state index contributed by atoms with van der Waals surface area (Å²) in [5.74, 6) is 0.667. The number of aliphatic hydroxyl groups is 1. The van der Waals surface area contributed by atoms with E-state index < -0.39 is 0 Å². The molecule has 0 amide bonds. The van der Waals surface area contributed by atoms with Crippen molar-refractivity contribution in [2.75, 3.05) is 6.61 Å². The van der Waals surface area contributed by atoms with E-state index in [4.69, 9.17) is 5.11 Å². The van der Waals surface area contributed by atoms with E-state index in [-0.39, 0.29) is 6.61 Å². The second-order valence-electron chi connectivity index (χ2n) is 4.61. The molecular weight excluding hydrogens is 220 g/mol. The normalized spacial score (nSPS) is 13.3. The zero-order chi connectivity index (χ0) is 12.0. The van der Waals surface area contributed by atoms with E-state index in [1.165, 1.54) is 9.88 Å². The zero-order valence-corrected chi connectivity index (χ0v) is 11.2.